The molecule has 0 aromatic carbocycles. The Labute approximate surface area is 109 Å². The van der Waals surface area contributed by atoms with E-state index in [2.05, 4.69) is 15.3 Å². The van der Waals surface area contributed by atoms with Gasteiger partial charge in [-0.2, -0.15) is 0 Å². The second-order valence-corrected chi connectivity index (χ2v) is 4.88. The minimum Gasteiger partial charge on any atom is -0.384 e. The average molecular weight is 262 g/mol. The molecule has 1 unspecified atom stereocenters. The van der Waals surface area contributed by atoms with E-state index >= 15 is 0 Å². The van der Waals surface area contributed by atoms with Gasteiger partial charge < -0.3 is 11.1 Å². The smallest absolute Gasteiger partial charge is 0.251 e. The van der Waals surface area contributed by atoms with Gasteiger partial charge in [0.2, 0.25) is 0 Å². The Balaban J connectivity index is 1.92. The Morgan fingerprint density at radius 3 is 3.00 bits per heavy atom. The van der Waals surface area contributed by atoms with E-state index in [-0.39, 0.29) is 11.8 Å². The zero-order chi connectivity index (χ0) is 13.0. The number of nitrogens with one attached hydrogen (secondary N) is 1. The molecule has 1 amide bonds. The predicted octanol–water partition coefficient (Wildman–Crippen LogP) is 1.65. The molecule has 6 heteroatoms. The largest absolute Gasteiger partial charge is 0.384 e. The summed E-state index contributed by atoms with van der Waals surface area (Å²) in [6.45, 7) is 2.58. The van der Waals surface area contributed by atoms with E-state index in [1.165, 1.54) is 6.20 Å². The van der Waals surface area contributed by atoms with Gasteiger partial charge in [0.1, 0.15) is 5.82 Å². The van der Waals surface area contributed by atoms with Gasteiger partial charge >= 0.3 is 0 Å². The number of nitrogen functional groups attached to an aromatic ring is 1. The van der Waals surface area contributed by atoms with Crippen molar-refractivity contribution in [2.75, 3.05) is 12.3 Å². The molecule has 2 aromatic heterocycles. The minimum absolute atomic E-state index is 0.146. The Kier molecular flexibility index (Phi) is 3.88. The van der Waals surface area contributed by atoms with Crippen LogP contribution in [0, 0.1) is 0 Å². The van der Waals surface area contributed by atoms with Gasteiger partial charge in [-0.1, -0.05) is 6.92 Å². The molecule has 94 valence electrons. The molecule has 2 rings (SSSR count). The van der Waals surface area contributed by atoms with Gasteiger partial charge in [-0.05, 0) is 12.1 Å². The molecule has 2 heterocycles. The number of amides is 1. The van der Waals surface area contributed by atoms with Crippen LogP contribution >= 0.6 is 11.3 Å². The molecule has 0 radical (unpaired) electrons. The molecule has 0 spiro atoms. The molecule has 18 heavy (non-hydrogen) atoms. The number of anilines is 1. The number of carbonyl (C=O) groups excluding carboxylic acids is 1. The summed E-state index contributed by atoms with van der Waals surface area (Å²) in [6.07, 6.45) is 3.29. The summed E-state index contributed by atoms with van der Waals surface area (Å²) in [5.74, 6) is 0.399. The lowest BCUT2D eigenvalue weighted by molar-refractivity contribution is 0.0951. The van der Waals surface area contributed by atoms with Gasteiger partial charge in [-0.25, -0.2) is 9.97 Å². The molecular formula is C12H14N4OS. The molecule has 0 fully saturated rings. The average Bonchev–Trinajstić information content (AvgIpc) is 2.89. The fourth-order valence-corrected chi connectivity index (χ4v) is 2.20. The van der Waals surface area contributed by atoms with Crippen LogP contribution in [0.1, 0.15) is 28.2 Å². The van der Waals surface area contributed by atoms with E-state index < -0.39 is 0 Å². The van der Waals surface area contributed by atoms with Crippen molar-refractivity contribution >= 4 is 23.1 Å². The summed E-state index contributed by atoms with van der Waals surface area (Å²) in [4.78, 5) is 19.9. The minimum atomic E-state index is -0.146. The summed E-state index contributed by atoms with van der Waals surface area (Å²) in [5.41, 5.74) is 6.05. The highest BCUT2D eigenvalue weighted by molar-refractivity contribution is 7.09. The van der Waals surface area contributed by atoms with Gasteiger partial charge in [-0.3, -0.25) is 4.79 Å². The summed E-state index contributed by atoms with van der Waals surface area (Å²) < 4.78 is 0. The van der Waals surface area contributed by atoms with Gasteiger partial charge in [-0.15, -0.1) is 11.3 Å². The van der Waals surface area contributed by atoms with Crippen molar-refractivity contribution in [1.82, 2.24) is 15.3 Å². The van der Waals surface area contributed by atoms with Crippen LogP contribution in [-0.2, 0) is 0 Å². The molecule has 0 saturated carbocycles. The highest BCUT2D eigenvalue weighted by Gasteiger charge is 2.11. The molecule has 0 aliphatic carbocycles. The van der Waals surface area contributed by atoms with E-state index in [4.69, 9.17) is 5.73 Å². The first kappa shape index (κ1) is 12.5. The van der Waals surface area contributed by atoms with Gasteiger partial charge in [0.15, 0.2) is 0 Å². The van der Waals surface area contributed by atoms with Crippen molar-refractivity contribution in [1.29, 1.82) is 0 Å². The van der Waals surface area contributed by atoms with Crippen molar-refractivity contribution in [3.05, 3.63) is 40.5 Å². The molecule has 0 aliphatic rings. The zero-order valence-electron chi connectivity index (χ0n) is 9.96. The van der Waals surface area contributed by atoms with Crippen molar-refractivity contribution in [3.63, 3.8) is 0 Å². The summed E-state index contributed by atoms with van der Waals surface area (Å²) in [7, 11) is 0. The molecular weight excluding hydrogens is 248 g/mol. The lowest BCUT2D eigenvalue weighted by atomic mass is 10.2. The van der Waals surface area contributed by atoms with Crippen molar-refractivity contribution in [3.8, 4) is 0 Å². The van der Waals surface area contributed by atoms with Crippen LogP contribution in [0.4, 0.5) is 5.82 Å². The summed E-state index contributed by atoms with van der Waals surface area (Å²) in [5, 5.41) is 5.80. The second-order valence-electron chi connectivity index (χ2n) is 3.95. The van der Waals surface area contributed by atoms with E-state index in [1.54, 1.807) is 29.7 Å². The zero-order valence-corrected chi connectivity index (χ0v) is 10.8. The highest BCUT2D eigenvalue weighted by Crippen LogP contribution is 2.16. The Bertz CT molecular complexity index is 527. The van der Waals surface area contributed by atoms with Crippen molar-refractivity contribution in [2.24, 2.45) is 0 Å². The van der Waals surface area contributed by atoms with E-state index in [0.717, 1.165) is 5.01 Å². The normalized spacial score (nSPS) is 12.1. The maximum atomic E-state index is 11.9. The van der Waals surface area contributed by atoms with Crippen LogP contribution in [0.15, 0.2) is 29.9 Å². The van der Waals surface area contributed by atoms with Crippen molar-refractivity contribution in [2.45, 2.75) is 12.8 Å². The number of rotatable bonds is 4. The second kappa shape index (κ2) is 5.59. The first-order chi connectivity index (χ1) is 8.66. The topological polar surface area (TPSA) is 80.9 Å². The number of nitrogens with zero attached hydrogens (tertiary/aromatic N) is 2. The Hall–Kier alpha value is -1.95. The molecule has 0 bridgehead atoms. The van der Waals surface area contributed by atoms with Crippen LogP contribution in [0.5, 0.6) is 0 Å². The van der Waals surface area contributed by atoms with Crippen molar-refractivity contribution < 1.29 is 4.79 Å². The molecule has 2 aromatic rings. The Morgan fingerprint density at radius 1 is 1.50 bits per heavy atom. The number of hydrogen-bond donors (Lipinski definition) is 2. The van der Waals surface area contributed by atoms with Crippen LogP contribution in [0.3, 0.4) is 0 Å². The summed E-state index contributed by atoms with van der Waals surface area (Å²) >= 11 is 1.59. The fraction of sp³-hybridized carbons (Fsp3) is 0.250. The van der Waals surface area contributed by atoms with E-state index in [0.29, 0.717) is 17.9 Å². The molecule has 3 N–H and O–H groups in total. The summed E-state index contributed by atoms with van der Waals surface area (Å²) in [6, 6.07) is 3.20. The van der Waals surface area contributed by atoms with Crippen LogP contribution in [0.2, 0.25) is 0 Å². The maximum Gasteiger partial charge on any atom is 0.251 e. The van der Waals surface area contributed by atoms with Gasteiger partial charge in [0, 0.05) is 35.8 Å². The quantitative estimate of drug-likeness (QED) is 0.878. The third kappa shape index (κ3) is 3.04. The molecule has 1 atom stereocenters. The SMILES string of the molecule is CC(CNC(=O)c1ccnc(N)c1)c1nccs1. The lowest BCUT2D eigenvalue weighted by Crippen LogP contribution is -2.27. The number of nitrogens with two attached hydrogens (primary N) is 1. The lowest BCUT2D eigenvalue weighted by Gasteiger charge is -2.10. The van der Waals surface area contributed by atoms with E-state index in [9.17, 15) is 4.79 Å². The van der Waals surface area contributed by atoms with Crippen LogP contribution in [0.25, 0.3) is 0 Å². The molecule has 5 nitrogen and oxygen atoms in total. The predicted molar refractivity (Wildman–Crippen MR) is 71.5 cm³/mol. The van der Waals surface area contributed by atoms with Crippen LogP contribution in [-0.4, -0.2) is 22.4 Å². The Morgan fingerprint density at radius 2 is 2.33 bits per heavy atom. The van der Waals surface area contributed by atoms with Gasteiger partial charge in [0.25, 0.3) is 5.91 Å². The molecule has 0 aliphatic heterocycles. The first-order valence-electron chi connectivity index (χ1n) is 5.56. The molecule has 0 saturated heterocycles. The fourth-order valence-electron chi connectivity index (χ4n) is 1.50. The monoisotopic (exact) mass is 262 g/mol. The number of carbonyl (C=O) groups is 1. The third-order valence-electron chi connectivity index (χ3n) is 2.49. The maximum absolute atomic E-state index is 11.9. The number of thiazole rings is 1. The van der Waals surface area contributed by atoms with Gasteiger partial charge in [0.05, 0.1) is 5.01 Å². The number of aromatic nitrogens is 2. The van der Waals surface area contributed by atoms with E-state index in [1.807, 2.05) is 12.3 Å². The standard InChI is InChI=1S/C12H14N4OS/c1-8(12-15-4-5-18-12)7-16-11(17)9-2-3-14-10(13)6-9/h2-6,8H,7H2,1H3,(H2,13,14)(H,16,17). The van der Waals surface area contributed by atoms with Crippen LogP contribution < -0.4 is 11.1 Å². The highest BCUT2D eigenvalue weighted by atomic mass is 32.1. The first-order valence-corrected chi connectivity index (χ1v) is 6.44. The number of hydrogen-bond acceptors (Lipinski definition) is 5. The number of pyridine rings is 1. The third-order valence-corrected chi connectivity index (χ3v) is 3.49.